The monoisotopic (exact) mass is 1360 g/mol. The first-order chi connectivity index (χ1) is 43.8. The normalized spacial score (nSPS) is 14.4. The molecule has 2 aliphatic heterocycles. The molecule has 0 unspecified atom stereocenters. The maximum absolute atomic E-state index is 14.5. The molecule has 2 aliphatic rings. The Morgan fingerprint density at radius 3 is 0.382 bits per heavy atom. The van der Waals surface area contributed by atoms with Gasteiger partial charge in [0.1, 0.15) is 0 Å². The van der Waals surface area contributed by atoms with E-state index in [-0.39, 0.29) is 0 Å². The Morgan fingerprint density at radius 2 is 0.270 bits per heavy atom. The minimum atomic E-state index is -5.98. The molecule has 0 atom stereocenters. The average Bonchev–Trinajstić information content (AvgIpc) is 1.74. The molecular formula is C80H148O8Sn. The molecule has 8 nitrogen and oxygen atoms in total. The van der Waals surface area contributed by atoms with Crippen LogP contribution in [-0.2, 0) is 31.5 Å². The molecule has 0 fully saturated rings. The number of hydrogen-bond acceptors (Lipinski definition) is 8. The first kappa shape index (κ1) is 83.2. The Balaban J connectivity index is 2.05. The topological polar surface area (TPSA) is 105 Å². The van der Waals surface area contributed by atoms with Gasteiger partial charge in [0.25, 0.3) is 0 Å². The van der Waals surface area contributed by atoms with Crippen molar-refractivity contribution >= 4 is 43.9 Å². The van der Waals surface area contributed by atoms with Crippen LogP contribution in [0.4, 0.5) is 0 Å². The molecule has 0 N–H and O–H groups in total. The number of hydrogen-bond donors (Lipinski definition) is 0. The Labute approximate surface area is 558 Å². The molecule has 89 heavy (non-hydrogen) atoms. The van der Waals surface area contributed by atoms with Crippen molar-refractivity contribution in [1.29, 1.82) is 0 Å². The number of carbonyl (C=O) groups is 4. The first-order valence-corrected chi connectivity index (χ1v) is 44.9. The summed E-state index contributed by atoms with van der Waals surface area (Å²) >= 11 is -5.98. The van der Waals surface area contributed by atoms with Crippen molar-refractivity contribution in [2.24, 2.45) is 0 Å². The average molecular weight is 1360 g/mol. The minimum absolute atomic E-state index is 0.320. The summed E-state index contributed by atoms with van der Waals surface area (Å²) in [6, 6.07) is 0. The zero-order chi connectivity index (χ0) is 64.0. The molecule has 0 amide bonds. The van der Waals surface area contributed by atoms with E-state index in [2.05, 4.69) is 27.7 Å². The summed E-state index contributed by atoms with van der Waals surface area (Å²) in [5.41, 5.74) is 1.28. The summed E-state index contributed by atoms with van der Waals surface area (Å²) in [5.74, 6) is -2.83. The molecule has 0 aromatic rings. The third kappa shape index (κ3) is 46.8. The van der Waals surface area contributed by atoms with Gasteiger partial charge in [-0.15, -0.1) is 0 Å². The summed E-state index contributed by atoms with van der Waals surface area (Å²) < 4.78 is 24.4. The fourth-order valence-corrected chi connectivity index (χ4v) is 18.4. The first-order valence-electron chi connectivity index (χ1n) is 40.2. The summed E-state index contributed by atoms with van der Waals surface area (Å²) in [5, 5.41) is 0. The van der Waals surface area contributed by atoms with Gasteiger partial charge in [-0.2, -0.15) is 0 Å². The Morgan fingerprint density at radius 1 is 0.169 bits per heavy atom. The molecule has 0 aromatic carbocycles. The van der Waals surface area contributed by atoms with E-state index in [1.165, 1.54) is 308 Å². The van der Waals surface area contributed by atoms with Gasteiger partial charge in [0.2, 0.25) is 0 Å². The molecule has 2 rings (SSSR count). The summed E-state index contributed by atoms with van der Waals surface area (Å²) in [7, 11) is 0. The van der Waals surface area contributed by atoms with Crippen LogP contribution in [0.2, 0.25) is 0 Å². The van der Waals surface area contributed by atoms with Gasteiger partial charge < -0.3 is 0 Å². The second-order valence-corrected chi connectivity index (χ2v) is 33.4. The van der Waals surface area contributed by atoms with Gasteiger partial charge in [-0.05, 0) is 0 Å². The van der Waals surface area contributed by atoms with E-state index in [9.17, 15) is 19.2 Å². The molecule has 0 radical (unpaired) electrons. The quantitative estimate of drug-likeness (QED) is 0.0438. The number of carbonyl (C=O) groups excluding carboxylic acids is 4. The van der Waals surface area contributed by atoms with Crippen LogP contribution >= 0.6 is 0 Å². The van der Waals surface area contributed by atoms with Gasteiger partial charge in [-0.25, -0.2) is 0 Å². The zero-order valence-electron chi connectivity index (χ0n) is 59.8. The van der Waals surface area contributed by atoms with Gasteiger partial charge in [0.05, 0.1) is 0 Å². The number of unbranched alkanes of at least 4 members (excludes halogenated alkanes) is 60. The van der Waals surface area contributed by atoms with Gasteiger partial charge in [-0.1, -0.05) is 233 Å². The summed E-state index contributed by atoms with van der Waals surface area (Å²) in [4.78, 5) is 58.1. The fraction of sp³-hybridized carbons (Fsp3) is 0.900. The molecule has 2 heterocycles. The number of rotatable bonds is 68. The van der Waals surface area contributed by atoms with Crippen LogP contribution in [0, 0.1) is 0 Å². The van der Waals surface area contributed by atoms with Crippen LogP contribution < -0.4 is 0 Å². The molecule has 520 valence electrons. The molecule has 0 aliphatic carbocycles. The van der Waals surface area contributed by atoms with Crippen LogP contribution in [0.25, 0.3) is 0 Å². The van der Waals surface area contributed by atoms with E-state index >= 15 is 0 Å². The van der Waals surface area contributed by atoms with Crippen LogP contribution in [0.1, 0.15) is 464 Å². The van der Waals surface area contributed by atoms with Gasteiger partial charge >= 0.3 is 329 Å². The van der Waals surface area contributed by atoms with Crippen LogP contribution in [0.15, 0.2) is 22.3 Å². The third-order valence-corrected chi connectivity index (χ3v) is 24.7. The van der Waals surface area contributed by atoms with Crippen LogP contribution in [0.5, 0.6) is 0 Å². The van der Waals surface area contributed by atoms with E-state index in [0.29, 0.717) is 48.0 Å². The molecule has 1 spiro atoms. The predicted octanol–water partition coefficient (Wildman–Crippen LogP) is 26.8. The van der Waals surface area contributed by atoms with Crippen molar-refractivity contribution < 1.29 is 31.5 Å². The van der Waals surface area contributed by atoms with Crippen molar-refractivity contribution in [3.63, 3.8) is 0 Å². The maximum atomic E-state index is 14.5. The van der Waals surface area contributed by atoms with Crippen LogP contribution in [-0.4, -0.2) is 43.9 Å². The molecular weight excluding hydrogens is 1210 g/mol. The Hall–Kier alpha value is -1.84. The van der Waals surface area contributed by atoms with E-state index in [1.807, 2.05) is 0 Å². The Bertz CT molecular complexity index is 1490. The molecule has 9 heteroatoms. The van der Waals surface area contributed by atoms with Gasteiger partial charge in [-0.3, -0.25) is 0 Å². The van der Waals surface area contributed by atoms with E-state index in [0.717, 1.165) is 103 Å². The standard InChI is InChI=1S/2C40H76O4.Sn/c2*1-3-5-7-9-11-13-15-17-19-21-23-25-27-29-31-33-35-37(39(41)42)38(40(43)44)36-34-32-30-28-26-24-22-20-18-16-14-12-10-8-6-4-2;/h2*3-36H2,1-2H3,(H,41,42)(H,43,44);/q;;+4/p-4. The fourth-order valence-electron chi connectivity index (χ4n) is 13.7. The molecule has 0 saturated carbocycles. The third-order valence-electron chi connectivity index (χ3n) is 19.7. The van der Waals surface area contributed by atoms with Crippen molar-refractivity contribution in [3.8, 4) is 0 Å². The van der Waals surface area contributed by atoms with Gasteiger partial charge in [0.15, 0.2) is 0 Å². The van der Waals surface area contributed by atoms with E-state index < -0.39 is 43.9 Å². The molecule has 0 saturated heterocycles. The van der Waals surface area contributed by atoms with Crippen LogP contribution in [0.3, 0.4) is 0 Å². The second kappa shape index (κ2) is 62.3. The Kier molecular flexibility index (Phi) is 58.3. The predicted molar refractivity (Wildman–Crippen MR) is 381 cm³/mol. The molecule has 0 bridgehead atoms. The van der Waals surface area contributed by atoms with E-state index in [1.54, 1.807) is 0 Å². The zero-order valence-corrected chi connectivity index (χ0v) is 62.7. The van der Waals surface area contributed by atoms with E-state index in [4.69, 9.17) is 12.3 Å². The van der Waals surface area contributed by atoms with Crippen molar-refractivity contribution in [2.45, 2.75) is 464 Å². The van der Waals surface area contributed by atoms with Crippen molar-refractivity contribution in [3.05, 3.63) is 22.3 Å². The second-order valence-electron chi connectivity index (χ2n) is 28.2. The summed E-state index contributed by atoms with van der Waals surface area (Å²) in [6.45, 7) is 9.12. The molecule has 0 aromatic heterocycles. The SMILES string of the molecule is CCCCCCCCCCCCCCCCCCC1=C(CCCCCCCCCCCCCCCCCC)C(=O)[O][Sn]2([O]C1=O)[O]C(=O)C(CCCCCCCCCCCCCCCCCC)=C(CCCCCCCCCCCCCCCCCC)C(=O)[O]2. The van der Waals surface area contributed by atoms with Crippen molar-refractivity contribution in [2.75, 3.05) is 0 Å². The van der Waals surface area contributed by atoms with Crippen molar-refractivity contribution in [1.82, 2.24) is 0 Å². The van der Waals surface area contributed by atoms with Gasteiger partial charge in [0, 0.05) is 0 Å². The summed E-state index contributed by atoms with van der Waals surface area (Å²) in [6.07, 6.45) is 81.6.